The fraction of sp³-hybridized carbons (Fsp3) is 0.417. The molecule has 98 valence electrons. The zero-order chi connectivity index (χ0) is 13.1. The second-order valence-electron chi connectivity index (χ2n) is 4.14. The summed E-state index contributed by atoms with van der Waals surface area (Å²) in [6.45, 7) is 1.77. The van der Waals surface area contributed by atoms with Gasteiger partial charge in [-0.25, -0.2) is 9.18 Å². The van der Waals surface area contributed by atoms with Crippen molar-refractivity contribution in [3.8, 4) is 0 Å². The zero-order valence-electron chi connectivity index (χ0n) is 9.77. The minimum Gasteiger partial charge on any atom is -0.465 e. The van der Waals surface area contributed by atoms with Crippen LogP contribution >= 0.6 is 11.6 Å². The Morgan fingerprint density at radius 3 is 2.56 bits per heavy atom. The number of amides is 1. The van der Waals surface area contributed by atoms with Crippen molar-refractivity contribution in [3.63, 3.8) is 0 Å². The number of piperazine rings is 1. The summed E-state index contributed by atoms with van der Waals surface area (Å²) < 4.78 is 14.1. The van der Waals surface area contributed by atoms with Crippen molar-refractivity contribution >= 4 is 23.4 Å². The molecule has 6 heteroatoms. The maximum atomic E-state index is 14.1. The molecule has 1 heterocycles. The highest BCUT2D eigenvalue weighted by atomic mass is 35.5. The third kappa shape index (κ3) is 2.51. The number of alkyl halides is 1. The molecule has 1 aromatic rings. The van der Waals surface area contributed by atoms with E-state index in [9.17, 15) is 9.18 Å². The normalized spacial score (nSPS) is 15.9. The number of carboxylic acid groups (broad SMARTS) is 1. The van der Waals surface area contributed by atoms with Crippen LogP contribution in [0.3, 0.4) is 0 Å². The van der Waals surface area contributed by atoms with Gasteiger partial charge in [-0.15, -0.1) is 11.6 Å². The molecule has 0 aliphatic carbocycles. The monoisotopic (exact) mass is 272 g/mol. The SMILES string of the molecule is O=C(O)N1CCN(c2cccc(CCl)c2F)CC1. The Morgan fingerprint density at radius 2 is 2.00 bits per heavy atom. The van der Waals surface area contributed by atoms with Crippen molar-refractivity contribution in [2.45, 2.75) is 5.88 Å². The Kier molecular flexibility index (Phi) is 3.91. The molecule has 0 radical (unpaired) electrons. The van der Waals surface area contributed by atoms with Crippen molar-refractivity contribution < 1.29 is 14.3 Å². The maximum absolute atomic E-state index is 14.1. The predicted octanol–water partition coefficient (Wildman–Crippen LogP) is 2.36. The first-order valence-corrected chi connectivity index (χ1v) is 6.23. The summed E-state index contributed by atoms with van der Waals surface area (Å²) in [4.78, 5) is 14.0. The molecular weight excluding hydrogens is 259 g/mol. The molecule has 18 heavy (non-hydrogen) atoms. The van der Waals surface area contributed by atoms with E-state index < -0.39 is 6.09 Å². The van der Waals surface area contributed by atoms with E-state index in [-0.39, 0.29) is 11.7 Å². The fourth-order valence-electron chi connectivity index (χ4n) is 2.05. The van der Waals surface area contributed by atoms with Crippen molar-refractivity contribution in [2.75, 3.05) is 31.1 Å². The highest BCUT2D eigenvalue weighted by Gasteiger charge is 2.22. The lowest BCUT2D eigenvalue weighted by molar-refractivity contribution is 0.142. The van der Waals surface area contributed by atoms with Crippen molar-refractivity contribution in [1.82, 2.24) is 4.90 Å². The highest BCUT2D eigenvalue weighted by Crippen LogP contribution is 2.24. The Balaban J connectivity index is 2.12. The number of nitrogens with zero attached hydrogens (tertiary/aromatic N) is 2. The fourth-order valence-corrected chi connectivity index (χ4v) is 2.26. The van der Waals surface area contributed by atoms with Crippen LogP contribution in [0.4, 0.5) is 14.9 Å². The van der Waals surface area contributed by atoms with Crippen LogP contribution in [0.1, 0.15) is 5.56 Å². The number of benzene rings is 1. The van der Waals surface area contributed by atoms with Gasteiger partial charge >= 0.3 is 6.09 Å². The number of carbonyl (C=O) groups is 1. The number of halogens is 2. The summed E-state index contributed by atoms with van der Waals surface area (Å²) >= 11 is 5.66. The number of anilines is 1. The van der Waals surface area contributed by atoms with Crippen LogP contribution in [0.15, 0.2) is 18.2 Å². The van der Waals surface area contributed by atoms with Crippen LogP contribution < -0.4 is 4.90 Å². The molecular formula is C12H14ClFN2O2. The summed E-state index contributed by atoms with van der Waals surface area (Å²) in [7, 11) is 0. The van der Waals surface area contributed by atoms with E-state index in [4.69, 9.17) is 16.7 Å². The molecule has 1 fully saturated rings. The van der Waals surface area contributed by atoms with Crippen LogP contribution in [0.2, 0.25) is 0 Å². The van der Waals surface area contributed by atoms with Crippen molar-refractivity contribution in [1.29, 1.82) is 0 Å². The summed E-state index contributed by atoms with van der Waals surface area (Å²) in [5.41, 5.74) is 0.966. The summed E-state index contributed by atoms with van der Waals surface area (Å²) in [5.74, 6) is -0.175. The molecule has 0 saturated carbocycles. The average Bonchev–Trinajstić information content (AvgIpc) is 2.39. The molecule has 0 aromatic heterocycles. The van der Waals surface area contributed by atoms with Crippen LogP contribution in [-0.2, 0) is 5.88 Å². The Labute approximate surface area is 110 Å². The van der Waals surface area contributed by atoms with Crippen LogP contribution in [-0.4, -0.2) is 42.3 Å². The molecule has 1 saturated heterocycles. The molecule has 4 nitrogen and oxygen atoms in total. The van der Waals surface area contributed by atoms with Gasteiger partial charge < -0.3 is 14.9 Å². The second-order valence-corrected chi connectivity index (χ2v) is 4.41. The van der Waals surface area contributed by atoms with Gasteiger partial charge in [-0.3, -0.25) is 0 Å². The van der Waals surface area contributed by atoms with E-state index in [0.29, 0.717) is 37.4 Å². The van der Waals surface area contributed by atoms with E-state index in [1.54, 1.807) is 18.2 Å². The van der Waals surface area contributed by atoms with Gasteiger partial charge in [0.1, 0.15) is 0 Å². The Hall–Kier alpha value is -1.49. The van der Waals surface area contributed by atoms with Gasteiger partial charge in [0.05, 0.1) is 11.6 Å². The molecule has 1 aliphatic heterocycles. The minimum absolute atomic E-state index is 0.134. The molecule has 0 spiro atoms. The third-order valence-electron chi connectivity index (χ3n) is 3.09. The van der Waals surface area contributed by atoms with E-state index >= 15 is 0 Å². The minimum atomic E-state index is -0.926. The Bertz CT molecular complexity index is 448. The third-order valence-corrected chi connectivity index (χ3v) is 3.38. The highest BCUT2D eigenvalue weighted by molar-refractivity contribution is 6.17. The van der Waals surface area contributed by atoms with Gasteiger partial charge in [-0.05, 0) is 6.07 Å². The lowest BCUT2D eigenvalue weighted by Crippen LogP contribution is -2.48. The zero-order valence-corrected chi connectivity index (χ0v) is 10.5. The predicted molar refractivity (Wildman–Crippen MR) is 67.8 cm³/mol. The average molecular weight is 273 g/mol. The first-order chi connectivity index (χ1) is 8.63. The number of rotatable bonds is 2. The van der Waals surface area contributed by atoms with Gasteiger partial charge in [0.2, 0.25) is 0 Å². The molecule has 0 bridgehead atoms. The summed E-state index contributed by atoms with van der Waals surface area (Å²) in [6.07, 6.45) is -0.926. The molecule has 1 aliphatic rings. The molecule has 2 rings (SSSR count). The van der Waals surface area contributed by atoms with Gasteiger partial charge in [0.25, 0.3) is 0 Å². The smallest absolute Gasteiger partial charge is 0.407 e. The number of hydrogen-bond acceptors (Lipinski definition) is 2. The molecule has 0 atom stereocenters. The molecule has 1 N–H and O–H groups in total. The van der Waals surface area contributed by atoms with Gasteiger partial charge in [-0.1, -0.05) is 12.1 Å². The van der Waals surface area contributed by atoms with E-state index in [2.05, 4.69) is 0 Å². The first kappa shape index (κ1) is 13.0. The lowest BCUT2D eigenvalue weighted by Gasteiger charge is -2.34. The van der Waals surface area contributed by atoms with Crippen LogP contribution in [0.5, 0.6) is 0 Å². The van der Waals surface area contributed by atoms with E-state index in [1.165, 1.54) is 4.90 Å². The summed E-state index contributed by atoms with van der Waals surface area (Å²) in [6, 6.07) is 5.11. The summed E-state index contributed by atoms with van der Waals surface area (Å²) in [5, 5.41) is 8.85. The largest absolute Gasteiger partial charge is 0.465 e. The van der Waals surface area contributed by atoms with Gasteiger partial charge in [0, 0.05) is 31.7 Å². The van der Waals surface area contributed by atoms with Crippen molar-refractivity contribution in [2.24, 2.45) is 0 Å². The molecule has 0 unspecified atom stereocenters. The van der Waals surface area contributed by atoms with Crippen LogP contribution in [0, 0.1) is 5.82 Å². The van der Waals surface area contributed by atoms with Gasteiger partial charge in [0.15, 0.2) is 5.82 Å². The quantitative estimate of drug-likeness (QED) is 0.841. The first-order valence-electron chi connectivity index (χ1n) is 5.69. The van der Waals surface area contributed by atoms with Gasteiger partial charge in [-0.2, -0.15) is 0 Å². The van der Waals surface area contributed by atoms with E-state index in [1.807, 2.05) is 4.90 Å². The van der Waals surface area contributed by atoms with Crippen LogP contribution in [0.25, 0.3) is 0 Å². The topological polar surface area (TPSA) is 43.8 Å². The Morgan fingerprint density at radius 1 is 1.33 bits per heavy atom. The van der Waals surface area contributed by atoms with E-state index in [0.717, 1.165) is 0 Å². The number of hydrogen-bond donors (Lipinski definition) is 1. The lowest BCUT2D eigenvalue weighted by atomic mass is 10.1. The molecule has 1 amide bonds. The second kappa shape index (κ2) is 5.44. The van der Waals surface area contributed by atoms with Crippen molar-refractivity contribution in [3.05, 3.63) is 29.6 Å². The molecule has 1 aromatic carbocycles. The standard InChI is InChI=1S/C12H14ClFN2O2/c13-8-9-2-1-3-10(11(9)14)15-4-6-16(7-5-15)12(17)18/h1-3H,4-8H2,(H,17,18). The maximum Gasteiger partial charge on any atom is 0.407 e.